The quantitative estimate of drug-likeness (QED) is 0.916. The highest BCUT2D eigenvalue weighted by molar-refractivity contribution is 7.91. The first-order valence-corrected chi connectivity index (χ1v) is 8.71. The van der Waals surface area contributed by atoms with Crippen molar-refractivity contribution >= 4 is 21.6 Å². The number of aryl methyl sites for hydroxylation is 2. The molecule has 0 fully saturated rings. The molecule has 0 spiro atoms. The number of hydrogen-bond acceptors (Lipinski definition) is 4. The van der Waals surface area contributed by atoms with Crippen molar-refractivity contribution in [3.63, 3.8) is 0 Å². The molecule has 118 valence electrons. The zero-order valence-electron chi connectivity index (χ0n) is 12.8. The van der Waals surface area contributed by atoms with Crippen molar-refractivity contribution in [3.05, 3.63) is 41.6 Å². The fraction of sp³-hybridized carbons (Fsp3) is 0.333. The summed E-state index contributed by atoms with van der Waals surface area (Å²) >= 11 is 0. The van der Waals surface area contributed by atoms with Gasteiger partial charge in [-0.1, -0.05) is 6.92 Å². The van der Waals surface area contributed by atoms with Gasteiger partial charge in [-0.05, 0) is 38.1 Å². The number of sulfone groups is 1. The molecule has 22 heavy (non-hydrogen) atoms. The molecule has 0 atom stereocenters. The summed E-state index contributed by atoms with van der Waals surface area (Å²) < 4.78 is 25.2. The normalized spacial score (nSPS) is 11.4. The number of benzene rings is 1. The van der Waals surface area contributed by atoms with Crippen molar-refractivity contribution in [1.82, 2.24) is 9.78 Å². The van der Waals surface area contributed by atoms with Gasteiger partial charge in [-0.3, -0.25) is 4.79 Å². The lowest BCUT2D eigenvalue weighted by Crippen LogP contribution is -2.15. The fourth-order valence-electron chi connectivity index (χ4n) is 2.06. The largest absolute Gasteiger partial charge is 0.307 e. The van der Waals surface area contributed by atoms with E-state index in [1.165, 1.54) is 24.3 Å². The second-order valence-electron chi connectivity index (χ2n) is 4.87. The lowest BCUT2D eigenvalue weighted by atomic mass is 10.2. The van der Waals surface area contributed by atoms with Gasteiger partial charge < -0.3 is 5.32 Å². The summed E-state index contributed by atoms with van der Waals surface area (Å²) in [5, 5.41) is 7.04. The Labute approximate surface area is 130 Å². The molecule has 0 saturated heterocycles. The van der Waals surface area contributed by atoms with Crippen LogP contribution in [0.5, 0.6) is 0 Å². The molecule has 7 heteroatoms. The summed E-state index contributed by atoms with van der Waals surface area (Å²) in [5.74, 6) is 0.360. The summed E-state index contributed by atoms with van der Waals surface area (Å²) in [6.07, 6.45) is 0. The highest BCUT2D eigenvalue weighted by Crippen LogP contribution is 2.15. The van der Waals surface area contributed by atoms with Crippen LogP contribution < -0.4 is 5.32 Å². The Kier molecular flexibility index (Phi) is 4.65. The zero-order chi connectivity index (χ0) is 16.3. The van der Waals surface area contributed by atoms with Gasteiger partial charge in [0.25, 0.3) is 5.91 Å². The topological polar surface area (TPSA) is 81.1 Å². The summed E-state index contributed by atoms with van der Waals surface area (Å²) in [4.78, 5) is 12.4. The number of nitrogens with one attached hydrogen (secondary N) is 1. The molecule has 2 aromatic rings. The first-order valence-electron chi connectivity index (χ1n) is 7.06. The van der Waals surface area contributed by atoms with Gasteiger partial charge in [0.15, 0.2) is 9.84 Å². The molecule has 0 unspecified atom stereocenters. The molecular weight excluding hydrogens is 302 g/mol. The Balaban J connectivity index is 2.20. The number of amides is 1. The molecule has 0 aliphatic rings. The van der Waals surface area contributed by atoms with Gasteiger partial charge in [-0.25, -0.2) is 13.1 Å². The molecule has 0 aliphatic carbocycles. The fourth-order valence-corrected chi connectivity index (χ4v) is 2.94. The third kappa shape index (κ3) is 3.36. The van der Waals surface area contributed by atoms with Crippen LogP contribution in [-0.4, -0.2) is 29.9 Å². The van der Waals surface area contributed by atoms with Crippen molar-refractivity contribution in [2.24, 2.45) is 0 Å². The minimum Gasteiger partial charge on any atom is -0.307 e. The highest BCUT2D eigenvalue weighted by Gasteiger charge is 2.14. The van der Waals surface area contributed by atoms with Crippen LogP contribution in [0.4, 0.5) is 5.82 Å². The number of carbonyl (C=O) groups excluding carboxylic acids is 1. The van der Waals surface area contributed by atoms with Gasteiger partial charge >= 0.3 is 0 Å². The van der Waals surface area contributed by atoms with E-state index in [4.69, 9.17) is 0 Å². The molecule has 0 saturated carbocycles. The van der Waals surface area contributed by atoms with Gasteiger partial charge in [-0.2, -0.15) is 5.10 Å². The molecule has 1 heterocycles. The average Bonchev–Trinajstić information content (AvgIpc) is 2.87. The van der Waals surface area contributed by atoms with Gasteiger partial charge in [0.2, 0.25) is 0 Å². The minimum atomic E-state index is -3.25. The summed E-state index contributed by atoms with van der Waals surface area (Å²) in [6, 6.07) is 7.72. The molecule has 0 radical (unpaired) electrons. The van der Waals surface area contributed by atoms with Crippen molar-refractivity contribution in [1.29, 1.82) is 0 Å². The number of hydrogen-bond donors (Lipinski definition) is 1. The maximum Gasteiger partial charge on any atom is 0.256 e. The number of carbonyl (C=O) groups is 1. The van der Waals surface area contributed by atoms with E-state index >= 15 is 0 Å². The van der Waals surface area contributed by atoms with E-state index in [2.05, 4.69) is 10.4 Å². The van der Waals surface area contributed by atoms with E-state index in [0.29, 0.717) is 17.9 Å². The number of aromatic nitrogens is 2. The Morgan fingerprint density at radius 3 is 2.41 bits per heavy atom. The summed E-state index contributed by atoms with van der Waals surface area (Å²) in [7, 11) is -3.25. The number of rotatable bonds is 5. The second-order valence-corrected chi connectivity index (χ2v) is 7.15. The van der Waals surface area contributed by atoms with Crippen molar-refractivity contribution in [2.75, 3.05) is 11.1 Å². The lowest BCUT2D eigenvalue weighted by molar-refractivity contribution is 0.102. The third-order valence-electron chi connectivity index (χ3n) is 3.30. The minimum absolute atomic E-state index is 0.0352. The lowest BCUT2D eigenvalue weighted by Gasteiger charge is -2.07. The Bertz CT molecular complexity index is 777. The highest BCUT2D eigenvalue weighted by atomic mass is 32.2. The Hall–Kier alpha value is -2.15. The van der Waals surface area contributed by atoms with Crippen LogP contribution in [0.25, 0.3) is 0 Å². The van der Waals surface area contributed by atoms with E-state index in [1.54, 1.807) is 17.7 Å². The van der Waals surface area contributed by atoms with E-state index in [-0.39, 0.29) is 16.6 Å². The van der Waals surface area contributed by atoms with E-state index < -0.39 is 9.84 Å². The summed E-state index contributed by atoms with van der Waals surface area (Å²) in [5.41, 5.74) is 1.22. The van der Waals surface area contributed by atoms with E-state index in [9.17, 15) is 13.2 Å². The van der Waals surface area contributed by atoms with Crippen molar-refractivity contribution in [3.8, 4) is 0 Å². The molecule has 2 rings (SSSR count). The van der Waals surface area contributed by atoms with Crippen molar-refractivity contribution < 1.29 is 13.2 Å². The maximum atomic E-state index is 12.2. The molecular formula is C15H19N3O3S. The van der Waals surface area contributed by atoms with Crippen LogP contribution in [0.1, 0.15) is 29.9 Å². The smallest absolute Gasteiger partial charge is 0.256 e. The predicted molar refractivity (Wildman–Crippen MR) is 84.8 cm³/mol. The van der Waals surface area contributed by atoms with Crippen LogP contribution in [0, 0.1) is 6.92 Å². The first kappa shape index (κ1) is 16.2. The van der Waals surface area contributed by atoms with Gasteiger partial charge in [-0.15, -0.1) is 0 Å². The Morgan fingerprint density at radius 2 is 1.86 bits per heavy atom. The van der Waals surface area contributed by atoms with Crippen LogP contribution in [-0.2, 0) is 16.4 Å². The number of nitrogens with zero attached hydrogens (tertiary/aromatic N) is 2. The van der Waals surface area contributed by atoms with Crippen molar-refractivity contribution in [2.45, 2.75) is 32.2 Å². The zero-order valence-corrected chi connectivity index (χ0v) is 13.6. The first-order chi connectivity index (χ1) is 10.4. The van der Waals surface area contributed by atoms with Crippen LogP contribution in [0.15, 0.2) is 35.2 Å². The predicted octanol–water partition coefficient (Wildman–Crippen LogP) is 2.26. The SMILES string of the molecule is CCn1nc(C)cc1NC(=O)c1ccc(S(=O)(=O)CC)cc1. The maximum absolute atomic E-state index is 12.2. The van der Waals surface area contributed by atoms with Gasteiger partial charge in [0, 0.05) is 18.2 Å². The Morgan fingerprint density at radius 1 is 1.23 bits per heavy atom. The van der Waals surface area contributed by atoms with Gasteiger partial charge in [0.1, 0.15) is 5.82 Å². The molecule has 1 aromatic heterocycles. The second kappa shape index (κ2) is 6.31. The monoisotopic (exact) mass is 321 g/mol. The van der Waals surface area contributed by atoms with Crippen LogP contribution in [0.2, 0.25) is 0 Å². The number of anilines is 1. The molecule has 0 bridgehead atoms. The van der Waals surface area contributed by atoms with Gasteiger partial charge in [0.05, 0.1) is 16.3 Å². The van der Waals surface area contributed by atoms with Crippen LogP contribution >= 0.6 is 0 Å². The molecule has 1 amide bonds. The van der Waals surface area contributed by atoms with E-state index in [1.807, 2.05) is 13.8 Å². The molecule has 6 nitrogen and oxygen atoms in total. The third-order valence-corrected chi connectivity index (χ3v) is 5.05. The molecule has 1 aromatic carbocycles. The summed E-state index contributed by atoms with van der Waals surface area (Å²) in [6.45, 7) is 6.03. The molecule has 1 N–H and O–H groups in total. The average molecular weight is 321 g/mol. The van der Waals surface area contributed by atoms with Crippen LogP contribution in [0.3, 0.4) is 0 Å². The van der Waals surface area contributed by atoms with E-state index in [0.717, 1.165) is 5.69 Å². The standard InChI is InChI=1S/C15H19N3O3S/c1-4-18-14(10-11(3)17-18)16-15(19)12-6-8-13(9-7-12)22(20,21)5-2/h6-10H,4-5H2,1-3H3,(H,16,19). The molecule has 0 aliphatic heterocycles.